The number of β-amino-alcohol motifs (C(OH)–C–C–N with tert-alkyl or cyclic N) is 1. The second kappa shape index (κ2) is 7.21. The number of esters is 1. The van der Waals surface area contributed by atoms with Crippen molar-refractivity contribution < 1.29 is 19.7 Å². The second-order valence-electron chi connectivity index (χ2n) is 6.18. The first-order chi connectivity index (χ1) is 10.3. The molecule has 0 aromatic carbocycles. The Morgan fingerprint density at radius 1 is 1.36 bits per heavy atom. The van der Waals surface area contributed by atoms with Crippen molar-refractivity contribution in [2.75, 3.05) is 13.1 Å². The van der Waals surface area contributed by atoms with Gasteiger partial charge in [-0.25, -0.2) is 4.98 Å². The minimum Gasteiger partial charge on any atom is -0.460 e. The van der Waals surface area contributed by atoms with Gasteiger partial charge in [-0.2, -0.15) is 0 Å². The van der Waals surface area contributed by atoms with Gasteiger partial charge in [-0.05, 0) is 20.8 Å². The third kappa shape index (κ3) is 4.53. The number of ether oxygens (including phenoxy) is 1. The van der Waals surface area contributed by atoms with E-state index in [0.29, 0.717) is 26.1 Å². The van der Waals surface area contributed by atoms with Crippen LogP contribution in [0.4, 0.5) is 0 Å². The van der Waals surface area contributed by atoms with E-state index in [2.05, 4.69) is 4.98 Å². The summed E-state index contributed by atoms with van der Waals surface area (Å²) in [4.78, 5) is 18.4. The molecule has 1 aromatic rings. The fourth-order valence-electron chi connectivity index (χ4n) is 2.79. The smallest absolute Gasteiger partial charge is 0.324 e. The van der Waals surface area contributed by atoms with Gasteiger partial charge in [0, 0.05) is 32.3 Å². The van der Waals surface area contributed by atoms with Gasteiger partial charge in [-0.15, -0.1) is 0 Å². The number of morpholine rings is 1. The number of aromatic nitrogens is 2. The topological polar surface area (TPSA) is 87.8 Å². The summed E-state index contributed by atoms with van der Waals surface area (Å²) in [5.74, 6) is -0.274. The molecule has 0 radical (unpaired) electrons. The van der Waals surface area contributed by atoms with Gasteiger partial charge in [0.05, 0.1) is 24.2 Å². The number of nitrogens with zero attached hydrogens (tertiary/aromatic N) is 3. The normalized spacial score (nSPS) is 25.8. The van der Waals surface area contributed by atoms with Crippen LogP contribution in [0.25, 0.3) is 0 Å². The van der Waals surface area contributed by atoms with E-state index in [1.165, 1.54) is 0 Å². The summed E-state index contributed by atoms with van der Waals surface area (Å²) in [6.07, 6.45) is 2.79. The zero-order valence-corrected chi connectivity index (χ0v) is 13.3. The van der Waals surface area contributed by atoms with Crippen molar-refractivity contribution in [2.24, 2.45) is 0 Å². The summed E-state index contributed by atoms with van der Waals surface area (Å²) >= 11 is 0. The molecule has 124 valence electrons. The molecule has 7 nitrogen and oxygen atoms in total. The molecule has 1 aliphatic heterocycles. The summed E-state index contributed by atoms with van der Waals surface area (Å²) in [6, 6.07) is -0.430. The zero-order chi connectivity index (χ0) is 16.3. The Hall–Kier alpha value is -1.44. The molecule has 0 bridgehead atoms. The molecule has 0 amide bonds. The number of carbonyl (C=O) groups excluding carboxylic acids is 1. The Labute approximate surface area is 130 Å². The van der Waals surface area contributed by atoms with Crippen molar-refractivity contribution in [1.29, 1.82) is 0 Å². The standard InChI is InChI=1S/C15H25N3O4/c1-10(19)5-17-8-13(16-9-17)4-14-15(21)22-12(3)7-18(14)6-11(2)20/h8-12,14,19-20H,4-7H2,1-3H3. The van der Waals surface area contributed by atoms with Gasteiger partial charge < -0.3 is 19.5 Å². The highest BCUT2D eigenvalue weighted by Crippen LogP contribution is 2.17. The van der Waals surface area contributed by atoms with Crippen LogP contribution in [0.1, 0.15) is 26.5 Å². The maximum atomic E-state index is 12.2. The van der Waals surface area contributed by atoms with Crippen LogP contribution >= 0.6 is 0 Å². The third-order valence-electron chi connectivity index (χ3n) is 3.58. The maximum absolute atomic E-state index is 12.2. The molecule has 7 heteroatoms. The molecule has 2 heterocycles. The van der Waals surface area contributed by atoms with Crippen molar-refractivity contribution in [3.63, 3.8) is 0 Å². The van der Waals surface area contributed by atoms with Gasteiger partial charge in [0.25, 0.3) is 0 Å². The van der Waals surface area contributed by atoms with Crippen LogP contribution in [0.3, 0.4) is 0 Å². The minimum atomic E-state index is -0.506. The Balaban J connectivity index is 2.06. The summed E-state index contributed by atoms with van der Waals surface area (Å²) in [6.45, 7) is 6.77. The Morgan fingerprint density at radius 2 is 2.05 bits per heavy atom. The van der Waals surface area contributed by atoms with Gasteiger partial charge in [0.2, 0.25) is 0 Å². The summed E-state index contributed by atoms with van der Waals surface area (Å²) < 4.78 is 7.12. The summed E-state index contributed by atoms with van der Waals surface area (Å²) in [5, 5.41) is 19.0. The first kappa shape index (κ1) is 16.9. The molecule has 2 N–H and O–H groups in total. The van der Waals surface area contributed by atoms with Crippen LogP contribution in [-0.4, -0.2) is 68.1 Å². The van der Waals surface area contributed by atoms with Crippen molar-refractivity contribution in [3.8, 4) is 0 Å². The number of aliphatic hydroxyl groups is 2. The molecule has 1 saturated heterocycles. The molecule has 4 atom stereocenters. The van der Waals surface area contributed by atoms with Crippen LogP contribution in [-0.2, 0) is 22.5 Å². The lowest BCUT2D eigenvalue weighted by Crippen LogP contribution is -2.54. The number of cyclic esters (lactones) is 1. The highest BCUT2D eigenvalue weighted by molar-refractivity contribution is 5.77. The average molecular weight is 311 g/mol. The molecular formula is C15H25N3O4. The second-order valence-corrected chi connectivity index (χ2v) is 6.18. The average Bonchev–Trinajstić information content (AvgIpc) is 2.79. The van der Waals surface area contributed by atoms with Crippen molar-refractivity contribution in [1.82, 2.24) is 14.5 Å². The number of imidazole rings is 1. The van der Waals surface area contributed by atoms with E-state index in [9.17, 15) is 15.0 Å². The first-order valence-electron chi connectivity index (χ1n) is 7.66. The van der Waals surface area contributed by atoms with Gasteiger partial charge >= 0.3 is 5.97 Å². The quantitative estimate of drug-likeness (QED) is 0.708. The molecule has 1 aliphatic rings. The lowest BCUT2D eigenvalue weighted by Gasteiger charge is -2.37. The van der Waals surface area contributed by atoms with Gasteiger partial charge in [-0.3, -0.25) is 9.69 Å². The van der Waals surface area contributed by atoms with Crippen LogP contribution < -0.4 is 0 Å². The van der Waals surface area contributed by atoms with E-state index in [0.717, 1.165) is 5.69 Å². The monoisotopic (exact) mass is 311 g/mol. The number of carbonyl (C=O) groups is 1. The number of hydrogen-bond donors (Lipinski definition) is 2. The Morgan fingerprint density at radius 3 is 2.68 bits per heavy atom. The molecule has 1 fully saturated rings. The molecule has 2 rings (SSSR count). The van der Waals surface area contributed by atoms with Crippen LogP contribution in [0.5, 0.6) is 0 Å². The van der Waals surface area contributed by atoms with E-state index in [1.807, 2.05) is 18.0 Å². The molecule has 4 unspecified atom stereocenters. The molecule has 0 aliphatic carbocycles. The lowest BCUT2D eigenvalue weighted by atomic mass is 10.1. The van der Waals surface area contributed by atoms with Gasteiger partial charge in [0.15, 0.2) is 0 Å². The zero-order valence-electron chi connectivity index (χ0n) is 13.3. The molecular weight excluding hydrogens is 286 g/mol. The fourth-order valence-corrected chi connectivity index (χ4v) is 2.79. The molecule has 0 spiro atoms. The number of aliphatic hydroxyl groups excluding tert-OH is 2. The van der Waals surface area contributed by atoms with Crippen molar-refractivity contribution >= 4 is 5.97 Å². The number of rotatable bonds is 6. The predicted octanol–water partition coefficient (Wildman–Crippen LogP) is -0.197. The summed E-state index contributed by atoms with van der Waals surface area (Å²) in [5.41, 5.74) is 0.771. The largest absolute Gasteiger partial charge is 0.460 e. The molecule has 0 saturated carbocycles. The fraction of sp³-hybridized carbons (Fsp3) is 0.733. The van der Waals surface area contributed by atoms with Crippen LogP contribution in [0, 0.1) is 0 Å². The summed E-state index contributed by atoms with van der Waals surface area (Å²) in [7, 11) is 0. The van der Waals surface area contributed by atoms with E-state index >= 15 is 0 Å². The van der Waals surface area contributed by atoms with Crippen LogP contribution in [0.2, 0.25) is 0 Å². The highest BCUT2D eigenvalue weighted by atomic mass is 16.5. The van der Waals surface area contributed by atoms with Crippen molar-refractivity contribution in [2.45, 2.75) is 58.1 Å². The maximum Gasteiger partial charge on any atom is 0.324 e. The van der Waals surface area contributed by atoms with E-state index in [4.69, 9.17) is 4.74 Å². The molecule has 22 heavy (non-hydrogen) atoms. The SMILES string of the molecule is CC(O)CN1CC(C)OC(=O)C1Cc1cn(CC(C)O)cn1. The van der Waals surface area contributed by atoms with E-state index in [-0.39, 0.29) is 12.1 Å². The molecule has 1 aromatic heterocycles. The Kier molecular flexibility index (Phi) is 5.55. The van der Waals surface area contributed by atoms with Gasteiger partial charge in [-0.1, -0.05) is 0 Å². The number of hydrogen-bond acceptors (Lipinski definition) is 6. The predicted molar refractivity (Wildman–Crippen MR) is 80.2 cm³/mol. The van der Waals surface area contributed by atoms with Crippen molar-refractivity contribution in [3.05, 3.63) is 18.2 Å². The first-order valence-corrected chi connectivity index (χ1v) is 7.66. The van der Waals surface area contributed by atoms with Gasteiger partial charge in [0.1, 0.15) is 12.1 Å². The van der Waals surface area contributed by atoms with E-state index < -0.39 is 18.2 Å². The minimum absolute atomic E-state index is 0.171. The third-order valence-corrected chi connectivity index (χ3v) is 3.58. The highest BCUT2D eigenvalue weighted by Gasteiger charge is 2.35. The van der Waals surface area contributed by atoms with Crippen LogP contribution in [0.15, 0.2) is 12.5 Å². The van der Waals surface area contributed by atoms with E-state index in [1.54, 1.807) is 24.7 Å². The Bertz CT molecular complexity index is 499. The lowest BCUT2D eigenvalue weighted by molar-refractivity contribution is -0.165.